The van der Waals surface area contributed by atoms with Crippen molar-refractivity contribution in [2.75, 3.05) is 0 Å². The van der Waals surface area contributed by atoms with Crippen molar-refractivity contribution in [3.8, 4) is 11.8 Å². The summed E-state index contributed by atoms with van der Waals surface area (Å²) in [6.45, 7) is 2.01. The number of hydrogen-bond donors (Lipinski definition) is 0. The van der Waals surface area contributed by atoms with Crippen molar-refractivity contribution < 1.29 is 4.39 Å². The average molecular weight is 255 g/mol. The molecular weight excluding hydrogens is 243 g/mol. The number of rotatable bonds is 2. The molecule has 0 aliphatic heterocycles. The van der Waals surface area contributed by atoms with E-state index in [2.05, 4.69) is 27.8 Å². The van der Waals surface area contributed by atoms with Gasteiger partial charge in [-0.15, -0.1) is 11.8 Å². The molecule has 1 aromatic carbocycles. The van der Waals surface area contributed by atoms with E-state index in [1.807, 2.05) is 13.0 Å². The quantitative estimate of drug-likeness (QED) is 0.702. The van der Waals surface area contributed by atoms with Crippen LogP contribution in [0.3, 0.4) is 0 Å². The first-order valence-corrected chi connectivity index (χ1v) is 5.43. The molecule has 0 fully saturated rings. The Morgan fingerprint density at radius 1 is 1.36 bits per heavy atom. The summed E-state index contributed by atoms with van der Waals surface area (Å²) in [7, 11) is 0. The van der Waals surface area contributed by atoms with E-state index in [1.54, 1.807) is 6.07 Å². The SMILES string of the molecule is CCC#CCCc1cc(Br)ccc1F. The minimum Gasteiger partial charge on any atom is -0.207 e. The average Bonchev–Trinajstić information content (AvgIpc) is 2.18. The molecule has 0 spiro atoms. The van der Waals surface area contributed by atoms with Gasteiger partial charge in [0.2, 0.25) is 0 Å². The van der Waals surface area contributed by atoms with Crippen LogP contribution in [-0.4, -0.2) is 0 Å². The van der Waals surface area contributed by atoms with Crippen molar-refractivity contribution in [1.82, 2.24) is 0 Å². The van der Waals surface area contributed by atoms with Gasteiger partial charge in [0.1, 0.15) is 5.82 Å². The second-order valence-corrected chi connectivity index (χ2v) is 3.86. The van der Waals surface area contributed by atoms with Crippen molar-refractivity contribution in [1.29, 1.82) is 0 Å². The number of halogens is 2. The summed E-state index contributed by atoms with van der Waals surface area (Å²) in [5.74, 6) is 5.82. The zero-order valence-electron chi connectivity index (χ0n) is 8.11. The third-order valence-corrected chi connectivity index (χ3v) is 2.32. The molecule has 2 heteroatoms. The summed E-state index contributed by atoms with van der Waals surface area (Å²) in [4.78, 5) is 0. The Morgan fingerprint density at radius 2 is 2.14 bits per heavy atom. The predicted octanol–water partition coefficient (Wildman–Crippen LogP) is 3.93. The van der Waals surface area contributed by atoms with Gasteiger partial charge in [0.25, 0.3) is 0 Å². The third-order valence-electron chi connectivity index (χ3n) is 1.83. The minimum atomic E-state index is -0.147. The molecule has 0 N–H and O–H groups in total. The molecule has 14 heavy (non-hydrogen) atoms. The van der Waals surface area contributed by atoms with Gasteiger partial charge in [0, 0.05) is 17.3 Å². The summed E-state index contributed by atoms with van der Waals surface area (Å²) in [6, 6.07) is 4.99. The van der Waals surface area contributed by atoms with Gasteiger partial charge < -0.3 is 0 Å². The van der Waals surface area contributed by atoms with E-state index in [0.29, 0.717) is 6.42 Å². The van der Waals surface area contributed by atoms with Crippen LogP contribution in [0.5, 0.6) is 0 Å². The number of hydrogen-bond acceptors (Lipinski definition) is 0. The second kappa shape index (κ2) is 5.82. The fourth-order valence-corrected chi connectivity index (χ4v) is 1.55. The van der Waals surface area contributed by atoms with E-state index in [-0.39, 0.29) is 5.82 Å². The van der Waals surface area contributed by atoms with Crippen molar-refractivity contribution in [2.24, 2.45) is 0 Å². The van der Waals surface area contributed by atoms with Crippen molar-refractivity contribution >= 4 is 15.9 Å². The van der Waals surface area contributed by atoms with Gasteiger partial charge in [-0.1, -0.05) is 22.9 Å². The van der Waals surface area contributed by atoms with Gasteiger partial charge in [0.05, 0.1) is 0 Å². The molecule has 0 aliphatic carbocycles. The van der Waals surface area contributed by atoms with Crippen LogP contribution in [0, 0.1) is 17.7 Å². The molecule has 0 saturated heterocycles. The fraction of sp³-hybridized carbons (Fsp3) is 0.333. The van der Waals surface area contributed by atoms with Crippen LogP contribution in [0.25, 0.3) is 0 Å². The smallest absolute Gasteiger partial charge is 0.126 e. The topological polar surface area (TPSA) is 0 Å². The van der Waals surface area contributed by atoms with E-state index in [1.165, 1.54) is 6.07 Å². The molecular formula is C12H12BrF. The molecule has 74 valence electrons. The Hall–Kier alpha value is -0.810. The fourth-order valence-electron chi connectivity index (χ4n) is 1.15. The largest absolute Gasteiger partial charge is 0.207 e. The Kier molecular flexibility index (Phi) is 4.69. The maximum Gasteiger partial charge on any atom is 0.126 e. The summed E-state index contributed by atoms with van der Waals surface area (Å²) < 4.78 is 14.1. The van der Waals surface area contributed by atoms with Crippen LogP contribution < -0.4 is 0 Å². The number of benzene rings is 1. The molecule has 0 aromatic heterocycles. The highest BCUT2D eigenvalue weighted by atomic mass is 79.9. The lowest BCUT2D eigenvalue weighted by Crippen LogP contribution is -1.89. The third kappa shape index (κ3) is 3.51. The Morgan fingerprint density at radius 3 is 2.86 bits per heavy atom. The zero-order valence-corrected chi connectivity index (χ0v) is 9.70. The van der Waals surface area contributed by atoms with Gasteiger partial charge in [-0.2, -0.15) is 0 Å². The Labute approximate surface area is 92.7 Å². The normalized spacial score (nSPS) is 9.36. The van der Waals surface area contributed by atoms with Crippen LogP contribution in [0.15, 0.2) is 22.7 Å². The van der Waals surface area contributed by atoms with Gasteiger partial charge >= 0.3 is 0 Å². The lowest BCUT2D eigenvalue weighted by Gasteiger charge is -2.00. The number of aryl methyl sites for hydroxylation is 1. The van der Waals surface area contributed by atoms with Gasteiger partial charge in [-0.05, 0) is 30.2 Å². The first kappa shape index (κ1) is 11.3. The molecule has 0 aliphatic rings. The van der Waals surface area contributed by atoms with Crippen LogP contribution in [0.4, 0.5) is 4.39 Å². The minimum absolute atomic E-state index is 0.147. The van der Waals surface area contributed by atoms with E-state index >= 15 is 0 Å². The summed E-state index contributed by atoms with van der Waals surface area (Å²) >= 11 is 3.32. The van der Waals surface area contributed by atoms with Gasteiger partial charge in [0.15, 0.2) is 0 Å². The van der Waals surface area contributed by atoms with Crippen LogP contribution in [0.2, 0.25) is 0 Å². The maximum absolute atomic E-state index is 13.2. The molecule has 0 saturated carbocycles. The predicted molar refractivity (Wildman–Crippen MR) is 60.5 cm³/mol. The zero-order chi connectivity index (χ0) is 10.4. The Balaban J connectivity index is 2.62. The van der Waals surface area contributed by atoms with E-state index < -0.39 is 0 Å². The van der Waals surface area contributed by atoms with Crippen molar-refractivity contribution in [3.63, 3.8) is 0 Å². The summed E-state index contributed by atoms with van der Waals surface area (Å²) in [5.41, 5.74) is 0.727. The van der Waals surface area contributed by atoms with Gasteiger partial charge in [-0.25, -0.2) is 4.39 Å². The lowest BCUT2D eigenvalue weighted by atomic mass is 10.1. The van der Waals surface area contributed by atoms with E-state index in [0.717, 1.165) is 22.9 Å². The highest BCUT2D eigenvalue weighted by Crippen LogP contribution is 2.16. The summed E-state index contributed by atoms with van der Waals surface area (Å²) in [6.07, 6.45) is 2.26. The van der Waals surface area contributed by atoms with Gasteiger partial charge in [-0.3, -0.25) is 0 Å². The molecule has 0 bridgehead atoms. The second-order valence-electron chi connectivity index (χ2n) is 2.94. The first-order chi connectivity index (χ1) is 6.74. The first-order valence-electron chi connectivity index (χ1n) is 4.63. The molecule has 0 unspecified atom stereocenters. The molecule has 0 heterocycles. The van der Waals surface area contributed by atoms with Crippen molar-refractivity contribution in [2.45, 2.75) is 26.2 Å². The summed E-state index contributed by atoms with van der Waals surface area (Å²) in [5, 5.41) is 0. The van der Waals surface area contributed by atoms with Crippen LogP contribution in [-0.2, 0) is 6.42 Å². The molecule has 0 nitrogen and oxygen atoms in total. The highest BCUT2D eigenvalue weighted by molar-refractivity contribution is 9.10. The van der Waals surface area contributed by atoms with Crippen LogP contribution in [0.1, 0.15) is 25.3 Å². The maximum atomic E-state index is 13.2. The monoisotopic (exact) mass is 254 g/mol. The molecule has 0 radical (unpaired) electrons. The molecule has 0 atom stereocenters. The van der Waals surface area contributed by atoms with E-state index in [4.69, 9.17) is 0 Å². The highest BCUT2D eigenvalue weighted by Gasteiger charge is 2.00. The lowest BCUT2D eigenvalue weighted by molar-refractivity contribution is 0.609. The standard InChI is InChI=1S/C12H12BrF/c1-2-3-4-5-6-10-9-11(13)7-8-12(10)14/h7-9H,2,5-6H2,1H3. The van der Waals surface area contributed by atoms with Crippen LogP contribution >= 0.6 is 15.9 Å². The Bertz CT molecular complexity index is 360. The molecule has 0 amide bonds. The van der Waals surface area contributed by atoms with Crippen molar-refractivity contribution in [3.05, 3.63) is 34.1 Å². The molecule has 1 rings (SSSR count). The van der Waals surface area contributed by atoms with E-state index in [9.17, 15) is 4.39 Å². The molecule has 1 aromatic rings.